The van der Waals surface area contributed by atoms with E-state index in [1.54, 1.807) is 22.5 Å². The first-order valence-corrected chi connectivity index (χ1v) is 13.4. The van der Waals surface area contributed by atoms with E-state index in [9.17, 15) is 13.2 Å². The van der Waals surface area contributed by atoms with Crippen LogP contribution < -0.4 is 5.32 Å². The van der Waals surface area contributed by atoms with Crippen molar-refractivity contribution in [2.45, 2.75) is 55.7 Å². The minimum absolute atomic E-state index is 0.0831. The van der Waals surface area contributed by atoms with Crippen LogP contribution in [-0.4, -0.2) is 42.0 Å². The zero-order valence-electron chi connectivity index (χ0n) is 19.4. The molecule has 1 fully saturated rings. The fourth-order valence-electron chi connectivity index (χ4n) is 4.00. The number of carbonyl (C=O) groups excluding carboxylic acids is 1. The molecule has 1 aliphatic heterocycles. The third-order valence-corrected chi connectivity index (χ3v) is 9.11. The second-order valence-corrected chi connectivity index (χ2v) is 11.9. The van der Waals surface area contributed by atoms with Crippen LogP contribution in [0.1, 0.15) is 36.5 Å². The average Bonchev–Trinajstić information content (AvgIpc) is 3.32. The highest BCUT2D eigenvalue weighted by atomic mass is 32.2. The molecule has 174 valence electrons. The summed E-state index contributed by atoms with van der Waals surface area (Å²) in [6.45, 7) is 8.98. The van der Waals surface area contributed by atoms with Crippen molar-refractivity contribution in [1.82, 2.24) is 9.29 Å². The van der Waals surface area contributed by atoms with Crippen molar-refractivity contribution in [3.63, 3.8) is 0 Å². The fourth-order valence-corrected chi connectivity index (χ4v) is 6.46. The van der Waals surface area contributed by atoms with Crippen LogP contribution in [0.15, 0.2) is 52.4 Å². The lowest BCUT2D eigenvalue weighted by Gasteiger charge is -2.17. The van der Waals surface area contributed by atoms with Gasteiger partial charge in [0.1, 0.15) is 0 Å². The molecule has 3 aromatic rings. The summed E-state index contributed by atoms with van der Waals surface area (Å²) in [5.74, 6) is -0.0831. The van der Waals surface area contributed by atoms with Crippen molar-refractivity contribution in [3.8, 4) is 0 Å². The third kappa shape index (κ3) is 4.93. The number of sulfonamides is 1. The van der Waals surface area contributed by atoms with Gasteiger partial charge in [-0.3, -0.25) is 4.79 Å². The lowest BCUT2D eigenvalue weighted by Crippen LogP contribution is -2.27. The molecule has 0 radical (unpaired) electrons. The molecule has 1 aromatic heterocycles. The number of hydrogen-bond donors (Lipinski definition) is 1. The molecule has 0 bridgehead atoms. The Hall–Kier alpha value is -2.42. The molecule has 0 saturated carbocycles. The predicted molar refractivity (Wildman–Crippen MR) is 134 cm³/mol. The highest BCUT2D eigenvalue weighted by Crippen LogP contribution is 2.30. The predicted octanol–water partition coefficient (Wildman–Crippen LogP) is 5.06. The van der Waals surface area contributed by atoms with E-state index in [2.05, 4.69) is 5.32 Å². The first-order chi connectivity index (χ1) is 15.7. The summed E-state index contributed by atoms with van der Waals surface area (Å²) in [6, 6.07) is 12.9. The fraction of sp³-hybridized carbons (Fsp3) is 0.360. The number of nitrogens with zero attached hydrogens (tertiary/aromatic N) is 2. The van der Waals surface area contributed by atoms with Gasteiger partial charge in [0.2, 0.25) is 15.9 Å². The molecule has 8 heteroatoms. The van der Waals surface area contributed by atoms with E-state index in [0.717, 1.165) is 51.1 Å². The van der Waals surface area contributed by atoms with Gasteiger partial charge in [0, 0.05) is 24.2 Å². The molecule has 0 aliphatic carbocycles. The van der Waals surface area contributed by atoms with Gasteiger partial charge in [0.05, 0.1) is 20.7 Å². The van der Waals surface area contributed by atoms with Crippen LogP contribution in [0.4, 0.5) is 5.69 Å². The Labute approximate surface area is 199 Å². The van der Waals surface area contributed by atoms with Gasteiger partial charge in [0.15, 0.2) is 0 Å². The Bertz CT molecular complexity index is 1320. The number of fused-ring (bicyclic) bond motifs is 1. The maximum atomic E-state index is 12.9. The molecule has 2 heterocycles. The number of rotatable bonds is 6. The third-order valence-electron chi connectivity index (χ3n) is 6.20. The lowest BCUT2D eigenvalue weighted by atomic mass is 10.1. The second kappa shape index (κ2) is 9.44. The van der Waals surface area contributed by atoms with Gasteiger partial charge in [-0.25, -0.2) is 13.4 Å². The molecular weight excluding hydrogens is 454 g/mol. The molecule has 33 heavy (non-hydrogen) atoms. The normalized spacial score (nSPS) is 15.6. The highest BCUT2D eigenvalue weighted by Gasteiger charge is 2.27. The number of pyridine rings is 1. The van der Waals surface area contributed by atoms with E-state index in [0.29, 0.717) is 18.0 Å². The smallest absolute Gasteiger partial charge is 0.243 e. The molecule has 1 aliphatic rings. The first-order valence-electron chi connectivity index (χ1n) is 11.1. The van der Waals surface area contributed by atoms with Crippen LogP contribution in [0.2, 0.25) is 0 Å². The molecule has 1 atom stereocenters. The highest BCUT2D eigenvalue weighted by molar-refractivity contribution is 8.00. The van der Waals surface area contributed by atoms with E-state index in [1.807, 2.05) is 52.0 Å². The summed E-state index contributed by atoms with van der Waals surface area (Å²) in [5, 5.41) is 4.22. The molecule has 1 saturated heterocycles. The topological polar surface area (TPSA) is 79.4 Å². The minimum atomic E-state index is -3.48. The minimum Gasteiger partial charge on any atom is -0.325 e. The number of aryl methyl sites for hydroxylation is 2. The SMILES string of the molecule is Cc1cccc(NC(=O)C(C)Sc2cc(C)c3cc(S(=O)(=O)N4CCCC4)ccc3n2)c1C. The summed E-state index contributed by atoms with van der Waals surface area (Å²) >= 11 is 1.39. The molecule has 4 rings (SSSR count). The largest absolute Gasteiger partial charge is 0.325 e. The van der Waals surface area contributed by atoms with E-state index < -0.39 is 10.0 Å². The van der Waals surface area contributed by atoms with Crippen LogP contribution in [0, 0.1) is 20.8 Å². The summed E-state index contributed by atoms with van der Waals surface area (Å²) in [4.78, 5) is 17.8. The molecule has 6 nitrogen and oxygen atoms in total. The van der Waals surface area contributed by atoms with E-state index in [1.165, 1.54) is 11.8 Å². The van der Waals surface area contributed by atoms with Crippen LogP contribution in [0.3, 0.4) is 0 Å². The van der Waals surface area contributed by atoms with E-state index in [4.69, 9.17) is 4.98 Å². The van der Waals surface area contributed by atoms with Crippen molar-refractivity contribution >= 4 is 44.3 Å². The van der Waals surface area contributed by atoms with Crippen LogP contribution in [-0.2, 0) is 14.8 Å². The Balaban J connectivity index is 1.54. The van der Waals surface area contributed by atoms with Gasteiger partial charge >= 0.3 is 0 Å². The van der Waals surface area contributed by atoms with Crippen molar-refractivity contribution < 1.29 is 13.2 Å². The van der Waals surface area contributed by atoms with Gasteiger partial charge in [-0.2, -0.15) is 4.31 Å². The number of benzene rings is 2. The summed E-state index contributed by atoms with van der Waals surface area (Å²) in [6.07, 6.45) is 1.81. The van der Waals surface area contributed by atoms with Crippen LogP contribution in [0.5, 0.6) is 0 Å². The standard InChI is InChI=1S/C25H29N3O3S2/c1-16-8-7-9-22(18(16)3)27-25(29)19(4)32-24-14-17(2)21-15-20(10-11-23(21)26-24)33(30,31)28-12-5-6-13-28/h7-11,14-15,19H,5-6,12-13H2,1-4H3,(H,27,29). The number of hydrogen-bond acceptors (Lipinski definition) is 5. The van der Waals surface area contributed by atoms with E-state index >= 15 is 0 Å². The van der Waals surface area contributed by atoms with Crippen molar-refractivity contribution in [2.75, 3.05) is 18.4 Å². The Kier molecular flexibility index (Phi) is 6.79. The molecule has 1 amide bonds. The number of anilines is 1. The number of aromatic nitrogens is 1. The molecular formula is C25H29N3O3S2. The Morgan fingerprint density at radius 1 is 1.06 bits per heavy atom. The van der Waals surface area contributed by atoms with Crippen molar-refractivity contribution in [3.05, 3.63) is 59.2 Å². The average molecular weight is 484 g/mol. The summed E-state index contributed by atoms with van der Waals surface area (Å²) in [5.41, 5.74) is 4.67. The Morgan fingerprint density at radius 3 is 2.52 bits per heavy atom. The number of nitrogens with one attached hydrogen (secondary N) is 1. The van der Waals surface area contributed by atoms with Gasteiger partial charge in [-0.05, 0) is 87.6 Å². The maximum Gasteiger partial charge on any atom is 0.243 e. The van der Waals surface area contributed by atoms with E-state index in [-0.39, 0.29) is 11.2 Å². The zero-order valence-corrected chi connectivity index (χ0v) is 21.0. The Morgan fingerprint density at radius 2 is 1.79 bits per heavy atom. The summed E-state index contributed by atoms with van der Waals surface area (Å²) < 4.78 is 27.4. The first kappa shape index (κ1) is 23.7. The number of amides is 1. The van der Waals surface area contributed by atoms with Gasteiger partial charge in [-0.1, -0.05) is 23.9 Å². The van der Waals surface area contributed by atoms with Gasteiger partial charge in [0.25, 0.3) is 0 Å². The molecule has 1 unspecified atom stereocenters. The second-order valence-electron chi connectivity index (χ2n) is 8.56. The lowest BCUT2D eigenvalue weighted by molar-refractivity contribution is -0.115. The molecule has 2 aromatic carbocycles. The van der Waals surface area contributed by atoms with Gasteiger partial charge in [-0.15, -0.1) is 0 Å². The quantitative estimate of drug-likeness (QED) is 0.496. The van der Waals surface area contributed by atoms with Crippen molar-refractivity contribution in [1.29, 1.82) is 0 Å². The zero-order chi connectivity index (χ0) is 23.8. The number of carbonyl (C=O) groups is 1. The van der Waals surface area contributed by atoms with Crippen LogP contribution in [0.25, 0.3) is 10.9 Å². The number of thioether (sulfide) groups is 1. The summed E-state index contributed by atoms with van der Waals surface area (Å²) in [7, 11) is -3.48. The van der Waals surface area contributed by atoms with Gasteiger partial charge < -0.3 is 5.32 Å². The molecule has 1 N–H and O–H groups in total. The molecule has 0 spiro atoms. The maximum absolute atomic E-state index is 12.9. The van der Waals surface area contributed by atoms with Crippen LogP contribution >= 0.6 is 11.8 Å². The monoisotopic (exact) mass is 483 g/mol. The van der Waals surface area contributed by atoms with Crippen molar-refractivity contribution in [2.24, 2.45) is 0 Å².